The first-order chi connectivity index (χ1) is 17.5. The van der Waals surface area contributed by atoms with Crippen LogP contribution in [-0.4, -0.2) is 42.1 Å². The van der Waals surface area contributed by atoms with Crippen molar-refractivity contribution in [3.63, 3.8) is 0 Å². The molecule has 8 heteroatoms. The first-order valence-electron chi connectivity index (χ1n) is 12.6. The molecule has 0 unspecified atom stereocenters. The summed E-state index contributed by atoms with van der Waals surface area (Å²) >= 11 is 0. The van der Waals surface area contributed by atoms with Crippen LogP contribution in [0.5, 0.6) is 5.75 Å². The number of fused-ring (bicyclic) bond motifs is 1. The van der Waals surface area contributed by atoms with Gasteiger partial charge in [0.25, 0.3) is 0 Å². The molecule has 0 radical (unpaired) electrons. The van der Waals surface area contributed by atoms with Gasteiger partial charge in [-0.3, -0.25) is 24.5 Å². The summed E-state index contributed by atoms with van der Waals surface area (Å²) < 4.78 is 20.2. The number of nitrogens with one attached hydrogen (secondary N) is 1. The fourth-order valence-corrected chi connectivity index (χ4v) is 5.28. The summed E-state index contributed by atoms with van der Waals surface area (Å²) in [4.78, 5) is 52.3. The van der Waals surface area contributed by atoms with Crippen LogP contribution < -0.4 is 10.1 Å². The van der Waals surface area contributed by atoms with Gasteiger partial charge in [0.05, 0.1) is 7.11 Å². The third-order valence-electron chi connectivity index (χ3n) is 7.11. The predicted octanol–water partition coefficient (Wildman–Crippen LogP) is 3.81. The molecule has 0 spiro atoms. The van der Waals surface area contributed by atoms with Gasteiger partial charge in [-0.1, -0.05) is 39.0 Å². The zero-order chi connectivity index (χ0) is 26.9. The van der Waals surface area contributed by atoms with Crippen molar-refractivity contribution in [2.24, 2.45) is 5.92 Å². The van der Waals surface area contributed by atoms with E-state index in [1.807, 2.05) is 26.8 Å². The normalized spacial score (nSPS) is 18.3. The minimum atomic E-state index is -0.847. The molecule has 2 aromatic rings. The van der Waals surface area contributed by atoms with Gasteiger partial charge < -0.3 is 9.64 Å². The zero-order valence-corrected chi connectivity index (χ0v) is 21.7. The highest BCUT2D eigenvalue weighted by molar-refractivity contribution is 5.98. The molecule has 37 heavy (non-hydrogen) atoms. The van der Waals surface area contributed by atoms with Crippen molar-refractivity contribution in [3.05, 3.63) is 64.5 Å². The molecule has 3 amide bonds. The summed E-state index contributed by atoms with van der Waals surface area (Å²) in [6.07, 6.45) is 0.699. The lowest BCUT2D eigenvalue weighted by Gasteiger charge is -2.37. The molecule has 0 saturated carbocycles. The third-order valence-corrected chi connectivity index (χ3v) is 7.11. The van der Waals surface area contributed by atoms with Gasteiger partial charge in [0.2, 0.25) is 17.7 Å². The predicted molar refractivity (Wildman–Crippen MR) is 135 cm³/mol. The Morgan fingerprint density at radius 2 is 1.78 bits per heavy atom. The number of ether oxygens (including phenoxy) is 1. The Balaban J connectivity index is 1.62. The lowest BCUT2D eigenvalue weighted by molar-refractivity contribution is -0.142. The van der Waals surface area contributed by atoms with E-state index in [2.05, 4.69) is 5.32 Å². The van der Waals surface area contributed by atoms with E-state index >= 15 is 0 Å². The molecular weight excluding hydrogens is 475 g/mol. The van der Waals surface area contributed by atoms with Crippen molar-refractivity contribution < 1.29 is 28.3 Å². The molecule has 4 rings (SSSR count). The summed E-state index contributed by atoms with van der Waals surface area (Å²) in [5, 5.41) is 2.26. The van der Waals surface area contributed by atoms with Crippen molar-refractivity contribution in [1.29, 1.82) is 0 Å². The number of benzene rings is 2. The van der Waals surface area contributed by atoms with E-state index in [1.165, 1.54) is 6.07 Å². The summed E-state index contributed by atoms with van der Waals surface area (Å²) in [6, 6.07) is 9.46. The summed E-state index contributed by atoms with van der Waals surface area (Å²) in [5.41, 5.74) is 2.38. The van der Waals surface area contributed by atoms with Gasteiger partial charge in [-0.2, -0.15) is 0 Å². The second-order valence-corrected chi connectivity index (χ2v) is 11.0. The highest BCUT2D eigenvalue weighted by atomic mass is 19.1. The monoisotopic (exact) mass is 508 g/mol. The van der Waals surface area contributed by atoms with E-state index in [9.17, 15) is 23.6 Å². The molecule has 2 aliphatic rings. The second kappa shape index (κ2) is 10.4. The summed E-state index contributed by atoms with van der Waals surface area (Å²) in [6.45, 7) is 6.10. The van der Waals surface area contributed by atoms with E-state index in [-0.39, 0.29) is 48.6 Å². The number of hydrogen-bond donors (Lipinski definition) is 1. The van der Waals surface area contributed by atoms with Crippen molar-refractivity contribution in [3.8, 4) is 5.75 Å². The molecule has 2 aliphatic heterocycles. The van der Waals surface area contributed by atoms with E-state index in [0.29, 0.717) is 29.8 Å². The standard InChI is InChI=1S/C29H33FN2O5/c1-29(2,3)22-8-5-17(11-23(22)30)12-24(33)28-21-7-6-20(37-4)16-19(21)9-10-32(28)27(36)15-18-13-25(34)31-26(35)14-18/h5-8,11,16,18,28H,9-10,12-15H2,1-4H3,(H,31,34,35)/t28-/m1/s1. The van der Waals surface area contributed by atoms with E-state index in [1.54, 1.807) is 36.3 Å². The van der Waals surface area contributed by atoms with Crippen LogP contribution in [0, 0.1) is 11.7 Å². The van der Waals surface area contributed by atoms with Crippen LogP contribution >= 0.6 is 0 Å². The number of Topliss-reactive ketones (excluding diaryl/α,β-unsaturated/α-hetero) is 1. The topological polar surface area (TPSA) is 92.8 Å². The Bertz CT molecular complexity index is 1230. The molecule has 2 heterocycles. The number of carbonyl (C=O) groups is 4. The summed E-state index contributed by atoms with van der Waals surface area (Å²) in [5.74, 6) is -1.38. The van der Waals surface area contributed by atoms with Crippen LogP contribution in [0.4, 0.5) is 4.39 Å². The van der Waals surface area contributed by atoms with Gasteiger partial charge in [0, 0.05) is 32.2 Å². The smallest absolute Gasteiger partial charge is 0.226 e. The Morgan fingerprint density at radius 1 is 1.08 bits per heavy atom. The first-order valence-corrected chi connectivity index (χ1v) is 12.6. The van der Waals surface area contributed by atoms with Gasteiger partial charge in [-0.25, -0.2) is 4.39 Å². The SMILES string of the molecule is COc1ccc2c(c1)CCN(C(=O)CC1CC(=O)NC(=O)C1)[C@H]2C(=O)Cc1ccc(C(C)(C)C)c(F)c1. The molecule has 0 aromatic heterocycles. The number of piperidine rings is 1. The number of nitrogens with zero attached hydrogens (tertiary/aromatic N) is 1. The lowest BCUT2D eigenvalue weighted by atomic mass is 9.84. The highest BCUT2D eigenvalue weighted by Gasteiger charge is 2.37. The molecule has 1 N–H and O–H groups in total. The largest absolute Gasteiger partial charge is 0.497 e. The van der Waals surface area contributed by atoms with Gasteiger partial charge >= 0.3 is 0 Å². The average Bonchev–Trinajstić information content (AvgIpc) is 2.81. The molecule has 7 nitrogen and oxygen atoms in total. The van der Waals surface area contributed by atoms with E-state index < -0.39 is 23.8 Å². The minimum absolute atomic E-state index is 0.00331. The number of hydrogen-bond acceptors (Lipinski definition) is 5. The van der Waals surface area contributed by atoms with Gasteiger partial charge in [-0.15, -0.1) is 0 Å². The first kappa shape index (κ1) is 26.5. The quantitative estimate of drug-likeness (QED) is 0.599. The van der Waals surface area contributed by atoms with Crippen LogP contribution in [0.25, 0.3) is 0 Å². The second-order valence-electron chi connectivity index (χ2n) is 11.0. The van der Waals surface area contributed by atoms with Gasteiger partial charge in [-0.05, 0) is 58.2 Å². The maximum atomic E-state index is 14.8. The van der Waals surface area contributed by atoms with E-state index in [0.717, 1.165) is 11.1 Å². The highest BCUT2D eigenvalue weighted by Crippen LogP contribution is 2.35. The Hall–Kier alpha value is -3.55. The Morgan fingerprint density at radius 3 is 2.41 bits per heavy atom. The molecule has 2 aromatic carbocycles. The molecular formula is C29H33FN2O5. The van der Waals surface area contributed by atoms with Crippen LogP contribution in [-0.2, 0) is 37.4 Å². The average molecular weight is 509 g/mol. The number of rotatable bonds is 6. The van der Waals surface area contributed by atoms with Crippen molar-refractivity contribution in [1.82, 2.24) is 10.2 Å². The number of halogens is 1. The molecule has 1 atom stereocenters. The van der Waals surface area contributed by atoms with Crippen molar-refractivity contribution >= 4 is 23.5 Å². The van der Waals surface area contributed by atoms with Crippen LogP contribution in [0.3, 0.4) is 0 Å². The number of amides is 3. The fraction of sp³-hybridized carbons (Fsp3) is 0.448. The zero-order valence-electron chi connectivity index (χ0n) is 21.7. The van der Waals surface area contributed by atoms with Crippen molar-refractivity contribution in [2.45, 2.75) is 64.3 Å². The minimum Gasteiger partial charge on any atom is -0.497 e. The van der Waals surface area contributed by atoms with E-state index in [4.69, 9.17) is 4.74 Å². The third kappa shape index (κ3) is 5.89. The number of ketones is 1. The molecule has 1 fully saturated rings. The molecule has 1 saturated heterocycles. The number of carbonyl (C=O) groups excluding carboxylic acids is 4. The maximum absolute atomic E-state index is 14.8. The maximum Gasteiger partial charge on any atom is 0.226 e. The lowest BCUT2D eigenvalue weighted by Crippen LogP contribution is -2.46. The molecule has 0 aliphatic carbocycles. The van der Waals surface area contributed by atoms with Gasteiger partial charge in [0.15, 0.2) is 5.78 Å². The number of imide groups is 1. The Labute approximate surface area is 216 Å². The van der Waals surface area contributed by atoms with Crippen LogP contribution in [0.1, 0.15) is 68.3 Å². The van der Waals surface area contributed by atoms with Crippen molar-refractivity contribution in [2.75, 3.05) is 13.7 Å². The van der Waals surface area contributed by atoms with Crippen LogP contribution in [0.2, 0.25) is 0 Å². The van der Waals surface area contributed by atoms with Crippen LogP contribution in [0.15, 0.2) is 36.4 Å². The van der Waals surface area contributed by atoms with Gasteiger partial charge in [0.1, 0.15) is 17.6 Å². The summed E-state index contributed by atoms with van der Waals surface area (Å²) in [7, 11) is 1.57. The molecule has 0 bridgehead atoms. The fourth-order valence-electron chi connectivity index (χ4n) is 5.28. The number of methoxy groups -OCH3 is 1. The Kier molecular flexibility index (Phi) is 7.48. The molecule has 196 valence electrons.